The molecule has 0 saturated heterocycles. The van der Waals surface area contributed by atoms with E-state index >= 15 is 0 Å². The molecule has 0 aliphatic heterocycles. The largest absolute Gasteiger partial charge is 0.490 e. The molecular formula is C19H31FIN3OS. The summed E-state index contributed by atoms with van der Waals surface area (Å²) in [5.41, 5.74) is 0.876. The van der Waals surface area contributed by atoms with E-state index in [0.717, 1.165) is 24.5 Å². The number of guanidine groups is 1. The van der Waals surface area contributed by atoms with Crippen LogP contribution in [0.3, 0.4) is 0 Å². The topological polar surface area (TPSA) is 45.7 Å². The minimum atomic E-state index is -0.299. The predicted octanol–water partition coefficient (Wildman–Crippen LogP) is 4.60. The highest BCUT2D eigenvalue weighted by Gasteiger charge is 2.22. The maximum Gasteiger partial charge on any atom is 0.191 e. The van der Waals surface area contributed by atoms with E-state index in [0.29, 0.717) is 18.3 Å². The van der Waals surface area contributed by atoms with Crippen LogP contribution >= 0.6 is 35.7 Å². The molecule has 0 amide bonds. The van der Waals surface area contributed by atoms with Gasteiger partial charge in [0.15, 0.2) is 17.5 Å². The van der Waals surface area contributed by atoms with Crippen molar-refractivity contribution in [1.29, 1.82) is 0 Å². The lowest BCUT2D eigenvalue weighted by Gasteiger charge is -2.19. The zero-order valence-electron chi connectivity index (χ0n) is 15.9. The van der Waals surface area contributed by atoms with Crippen molar-refractivity contribution in [3.63, 3.8) is 0 Å². The van der Waals surface area contributed by atoms with Gasteiger partial charge in [0.25, 0.3) is 0 Å². The Bertz CT molecular complexity index is 570. The van der Waals surface area contributed by atoms with Crippen LogP contribution in [0.2, 0.25) is 0 Å². The standard InChI is InChI=1S/C19H30FN3OS.HI/c1-14(23-19(21-2)22-10-4-5-11-25-3)16-8-9-18(17(20)12-16)24-13-15-6-7-15;/h8-9,12,14-15H,4-7,10-11,13H2,1-3H3,(H2,21,22,23);1H. The van der Waals surface area contributed by atoms with E-state index in [4.69, 9.17) is 4.74 Å². The summed E-state index contributed by atoms with van der Waals surface area (Å²) in [5, 5.41) is 6.61. The zero-order valence-corrected chi connectivity index (χ0v) is 19.0. The van der Waals surface area contributed by atoms with Crippen LogP contribution in [-0.2, 0) is 0 Å². The van der Waals surface area contributed by atoms with Crippen LogP contribution in [-0.4, -0.2) is 38.2 Å². The molecule has 1 unspecified atom stereocenters. The first-order valence-corrected chi connectivity index (χ1v) is 10.4. The fraction of sp³-hybridized carbons (Fsp3) is 0.632. The second-order valence-electron chi connectivity index (χ2n) is 6.51. The number of halogens is 2. The molecule has 0 heterocycles. The quantitative estimate of drug-likeness (QED) is 0.216. The maximum absolute atomic E-state index is 14.2. The molecule has 1 aromatic rings. The summed E-state index contributed by atoms with van der Waals surface area (Å²) in [6.07, 6.45) is 6.82. The summed E-state index contributed by atoms with van der Waals surface area (Å²) in [6.45, 7) is 3.51. The van der Waals surface area contributed by atoms with Gasteiger partial charge in [-0.1, -0.05) is 6.07 Å². The van der Waals surface area contributed by atoms with Crippen LogP contribution in [0.15, 0.2) is 23.2 Å². The molecule has 0 radical (unpaired) electrons. The molecule has 0 spiro atoms. The van der Waals surface area contributed by atoms with Crippen molar-refractivity contribution >= 4 is 41.7 Å². The van der Waals surface area contributed by atoms with E-state index in [1.165, 1.54) is 25.0 Å². The van der Waals surface area contributed by atoms with Crippen molar-refractivity contribution in [3.8, 4) is 5.75 Å². The number of hydrogen-bond donors (Lipinski definition) is 2. The number of rotatable bonds is 10. The van der Waals surface area contributed by atoms with Gasteiger partial charge < -0.3 is 15.4 Å². The fourth-order valence-electron chi connectivity index (χ4n) is 2.46. The van der Waals surface area contributed by atoms with E-state index in [1.807, 2.05) is 24.8 Å². The number of nitrogens with zero attached hydrogens (tertiary/aromatic N) is 1. The number of unbranched alkanes of at least 4 members (excludes halogenated alkanes) is 1. The third-order valence-electron chi connectivity index (χ3n) is 4.27. The Hall–Kier alpha value is -0.700. The molecule has 1 atom stereocenters. The number of nitrogens with one attached hydrogen (secondary N) is 2. The van der Waals surface area contributed by atoms with Crippen LogP contribution < -0.4 is 15.4 Å². The summed E-state index contributed by atoms with van der Waals surface area (Å²) in [7, 11) is 1.75. The highest BCUT2D eigenvalue weighted by molar-refractivity contribution is 14.0. The van der Waals surface area contributed by atoms with Gasteiger partial charge in [0, 0.05) is 13.6 Å². The Labute approximate surface area is 178 Å². The molecule has 4 nitrogen and oxygen atoms in total. The molecule has 1 aliphatic carbocycles. The summed E-state index contributed by atoms with van der Waals surface area (Å²) >= 11 is 1.87. The second kappa shape index (κ2) is 12.6. The normalized spacial score (nSPS) is 15.2. The number of aliphatic imine (C=N–C) groups is 1. The summed E-state index contributed by atoms with van der Waals surface area (Å²) in [4.78, 5) is 4.24. The van der Waals surface area contributed by atoms with E-state index in [9.17, 15) is 4.39 Å². The first kappa shape index (κ1) is 23.3. The Morgan fingerprint density at radius 2 is 2.15 bits per heavy atom. The van der Waals surface area contributed by atoms with E-state index in [2.05, 4.69) is 21.9 Å². The van der Waals surface area contributed by atoms with Crippen molar-refractivity contribution in [3.05, 3.63) is 29.6 Å². The summed E-state index contributed by atoms with van der Waals surface area (Å²) < 4.78 is 19.8. The Morgan fingerprint density at radius 3 is 2.77 bits per heavy atom. The van der Waals surface area contributed by atoms with E-state index < -0.39 is 0 Å². The van der Waals surface area contributed by atoms with Gasteiger partial charge in [-0.05, 0) is 68.2 Å². The first-order chi connectivity index (χ1) is 12.1. The molecular weight excluding hydrogens is 464 g/mol. The first-order valence-electron chi connectivity index (χ1n) is 9.02. The summed E-state index contributed by atoms with van der Waals surface area (Å²) in [5.74, 6) is 2.58. The van der Waals surface area contributed by atoms with Gasteiger partial charge >= 0.3 is 0 Å². The average molecular weight is 495 g/mol. The molecule has 0 aromatic heterocycles. The van der Waals surface area contributed by atoms with Crippen molar-refractivity contribution in [2.75, 3.05) is 32.2 Å². The average Bonchev–Trinajstić information content (AvgIpc) is 3.43. The monoisotopic (exact) mass is 495 g/mol. The minimum Gasteiger partial charge on any atom is -0.490 e. The molecule has 1 saturated carbocycles. The lowest BCUT2D eigenvalue weighted by molar-refractivity contribution is 0.285. The molecule has 148 valence electrons. The molecule has 1 aliphatic rings. The molecule has 1 fully saturated rings. The van der Waals surface area contributed by atoms with Crippen molar-refractivity contribution in [2.45, 2.75) is 38.6 Å². The van der Waals surface area contributed by atoms with Crippen molar-refractivity contribution in [2.24, 2.45) is 10.9 Å². The van der Waals surface area contributed by atoms with Crippen LogP contribution in [0.1, 0.15) is 44.2 Å². The smallest absolute Gasteiger partial charge is 0.191 e. The SMILES string of the molecule is CN=C(NCCCCSC)NC(C)c1ccc(OCC2CC2)c(F)c1.I. The Balaban J connectivity index is 0.00000338. The molecule has 0 bridgehead atoms. The molecule has 7 heteroatoms. The highest BCUT2D eigenvalue weighted by Crippen LogP contribution is 2.30. The Kier molecular flexibility index (Phi) is 11.4. The minimum absolute atomic E-state index is 0. The molecule has 1 aromatic carbocycles. The van der Waals surface area contributed by atoms with Crippen LogP contribution in [0, 0.1) is 11.7 Å². The Morgan fingerprint density at radius 1 is 1.38 bits per heavy atom. The maximum atomic E-state index is 14.2. The number of ether oxygens (including phenoxy) is 1. The molecule has 2 N–H and O–H groups in total. The van der Waals surface area contributed by atoms with Crippen molar-refractivity contribution < 1.29 is 9.13 Å². The van der Waals surface area contributed by atoms with Crippen LogP contribution in [0.4, 0.5) is 4.39 Å². The van der Waals surface area contributed by atoms with Gasteiger partial charge in [-0.15, -0.1) is 24.0 Å². The second-order valence-corrected chi connectivity index (χ2v) is 7.49. The van der Waals surface area contributed by atoms with Gasteiger partial charge in [0.2, 0.25) is 0 Å². The number of benzene rings is 1. The van der Waals surface area contributed by atoms with Crippen LogP contribution in [0.5, 0.6) is 5.75 Å². The van der Waals surface area contributed by atoms with Gasteiger partial charge in [0.05, 0.1) is 12.6 Å². The lowest BCUT2D eigenvalue weighted by Crippen LogP contribution is -2.39. The number of hydrogen-bond acceptors (Lipinski definition) is 3. The van der Waals surface area contributed by atoms with Gasteiger partial charge in [0.1, 0.15) is 0 Å². The van der Waals surface area contributed by atoms with Crippen molar-refractivity contribution in [1.82, 2.24) is 10.6 Å². The van der Waals surface area contributed by atoms with Gasteiger partial charge in [-0.3, -0.25) is 4.99 Å². The summed E-state index contributed by atoms with van der Waals surface area (Å²) in [6, 6.07) is 5.15. The van der Waals surface area contributed by atoms with Crippen LogP contribution in [0.25, 0.3) is 0 Å². The van der Waals surface area contributed by atoms with Gasteiger partial charge in [-0.2, -0.15) is 11.8 Å². The fourth-order valence-corrected chi connectivity index (χ4v) is 2.95. The molecule has 2 rings (SSSR count). The van der Waals surface area contributed by atoms with E-state index in [1.54, 1.807) is 19.2 Å². The molecule has 26 heavy (non-hydrogen) atoms. The predicted molar refractivity (Wildman–Crippen MR) is 121 cm³/mol. The third kappa shape index (κ3) is 8.33. The highest BCUT2D eigenvalue weighted by atomic mass is 127. The third-order valence-corrected chi connectivity index (χ3v) is 4.97. The lowest BCUT2D eigenvalue weighted by atomic mass is 10.1. The number of thioether (sulfide) groups is 1. The zero-order chi connectivity index (χ0) is 18.1. The van der Waals surface area contributed by atoms with Gasteiger partial charge in [-0.25, -0.2) is 4.39 Å². The van der Waals surface area contributed by atoms with E-state index in [-0.39, 0.29) is 35.8 Å².